The van der Waals surface area contributed by atoms with Crippen LogP contribution in [0, 0.1) is 0 Å². The molecular weight excluding hydrogens is 228 g/mol. The highest BCUT2D eigenvalue weighted by Crippen LogP contribution is 2.11. The van der Waals surface area contributed by atoms with E-state index in [-0.39, 0.29) is 11.9 Å². The average Bonchev–Trinajstić information content (AvgIpc) is 2.41. The van der Waals surface area contributed by atoms with Crippen molar-refractivity contribution in [3.8, 4) is 5.75 Å². The Bertz CT molecular complexity index is 375. The van der Waals surface area contributed by atoms with E-state index in [0.717, 1.165) is 31.7 Å². The van der Waals surface area contributed by atoms with Crippen LogP contribution in [0.1, 0.15) is 19.8 Å². The lowest BCUT2D eigenvalue weighted by atomic mass is 10.1. The maximum Gasteiger partial charge on any atom is 0.260 e. The summed E-state index contributed by atoms with van der Waals surface area (Å²) in [5.41, 5.74) is 0. The van der Waals surface area contributed by atoms with Gasteiger partial charge < -0.3 is 15.4 Å². The van der Waals surface area contributed by atoms with E-state index in [1.807, 2.05) is 30.3 Å². The van der Waals surface area contributed by atoms with E-state index < -0.39 is 6.10 Å². The molecule has 1 fully saturated rings. The molecule has 2 N–H and O–H groups in total. The normalized spacial score (nSPS) is 18.1. The summed E-state index contributed by atoms with van der Waals surface area (Å²) in [7, 11) is 0. The molecule has 1 atom stereocenters. The molecule has 0 aromatic heterocycles. The summed E-state index contributed by atoms with van der Waals surface area (Å²) >= 11 is 0. The van der Waals surface area contributed by atoms with Crippen molar-refractivity contribution in [2.24, 2.45) is 0 Å². The van der Waals surface area contributed by atoms with Crippen LogP contribution in [0.5, 0.6) is 5.75 Å². The molecule has 1 heterocycles. The van der Waals surface area contributed by atoms with Crippen LogP contribution in [0.15, 0.2) is 30.3 Å². The first-order valence-corrected chi connectivity index (χ1v) is 6.48. The SMILES string of the molecule is CC(Oc1ccccc1)C(=O)NC1CCNCC1. The third kappa shape index (κ3) is 3.74. The zero-order valence-electron chi connectivity index (χ0n) is 10.7. The molecule has 98 valence electrons. The van der Waals surface area contributed by atoms with Crippen LogP contribution in [0.3, 0.4) is 0 Å². The highest BCUT2D eigenvalue weighted by molar-refractivity contribution is 5.81. The highest BCUT2D eigenvalue weighted by atomic mass is 16.5. The topological polar surface area (TPSA) is 50.4 Å². The molecule has 1 aliphatic rings. The van der Waals surface area contributed by atoms with Crippen LogP contribution < -0.4 is 15.4 Å². The number of hydrogen-bond acceptors (Lipinski definition) is 3. The van der Waals surface area contributed by atoms with Crippen LogP contribution in [0.4, 0.5) is 0 Å². The maximum absolute atomic E-state index is 12.0. The minimum Gasteiger partial charge on any atom is -0.481 e. The molecule has 0 aliphatic carbocycles. The third-order valence-electron chi connectivity index (χ3n) is 3.11. The Labute approximate surface area is 108 Å². The van der Waals surface area contributed by atoms with E-state index >= 15 is 0 Å². The number of carbonyl (C=O) groups excluding carboxylic acids is 1. The Morgan fingerprint density at radius 1 is 1.33 bits per heavy atom. The Morgan fingerprint density at radius 2 is 2.00 bits per heavy atom. The van der Waals surface area contributed by atoms with Gasteiger partial charge in [-0.25, -0.2) is 0 Å². The number of nitrogens with one attached hydrogen (secondary N) is 2. The lowest BCUT2D eigenvalue weighted by Gasteiger charge is -2.25. The number of hydrogen-bond donors (Lipinski definition) is 2. The van der Waals surface area contributed by atoms with Crippen LogP contribution in [-0.2, 0) is 4.79 Å². The fourth-order valence-electron chi connectivity index (χ4n) is 2.04. The molecule has 0 bridgehead atoms. The second kappa shape index (κ2) is 6.40. The zero-order chi connectivity index (χ0) is 12.8. The van der Waals surface area contributed by atoms with Gasteiger partial charge in [0.15, 0.2) is 6.10 Å². The Morgan fingerprint density at radius 3 is 2.67 bits per heavy atom. The number of para-hydroxylation sites is 1. The van der Waals surface area contributed by atoms with Gasteiger partial charge >= 0.3 is 0 Å². The van der Waals surface area contributed by atoms with Gasteiger partial charge in [-0.05, 0) is 45.0 Å². The first-order valence-electron chi connectivity index (χ1n) is 6.48. The van der Waals surface area contributed by atoms with E-state index in [4.69, 9.17) is 4.74 Å². The third-order valence-corrected chi connectivity index (χ3v) is 3.11. The smallest absolute Gasteiger partial charge is 0.260 e. The number of benzene rings is 1. The van der Waals surface area contributed by atoms with Gasteiger partial charge in [-0.1, -0.05) is 18.2 Å². The van der Waals surface area contributed by atoms with Crippen molar-refractivity contribution in [3.05, 3.63) is 30.3 Å². The van der Waals surface area contributed by atoms with Gasteiger partial charge in [-0.3, -0.25) is 4.79 Å². The van der Waals surface area contributed by atoms with Gasteiger partial charge in [0.25, 0.3) is 5.91 Å². The zero-order valence-corrected chi connectivity index (χ0v) is 10.7. The van der Waals surface area contributed by atoms with Crippen LogP contribution in [0.2, 0.25) is 0 Å². The van der Waals surface area contributed by atoms with E-state index in [9.17, 15) is 4.79 Å². The minimum absolute atomic E-state index is 0.0363. The second-order valence-corrected chi connectivity index (χ2v) is 4.61. The lowest BCUT2D eigenvalue weighted by Crippen LogP contribution is -2.46. The molecule has 1 aromatic rings. The van der Waals surface area contributed by atoms with E-state index in [2.05, 4.69) is 10.6 Å². The fourth-order valence-corrected chi connectivity index (χ4v) is 2.04. The fraction of sp³-hybridized carbons (Fsp3) is 0.500. The molecule has 1 aromatic carbocycles. The molecule has 2 rings (SSSR count). The van der Waals surface area contributed by atoms with Gasteiger partial charge in [0, 0.05) is 6.04 Å². The standard InChI is InChI=1S/C14H20N2O2/c1-11(18-13-5-3-2-4-6-13)14(17)16-12-7-9-15-10-8-12/h2-6,11-12,15H,7-10H2,1H3,(H,16,17). The predicted molar refractivity (Wildman–Crippen MR) is 70.6 cm³/mol. The van der Waals surface area contributed by atoms with Gasteiger partial charge in [0.2, 0.25) is 0 Å². The van der Waals surface area contributed by atoms with E-state index in [1.165, 1.54) is 0 Å². The van der Waals surface area contributed by atoms with Crippen molar-refractivity contribution in [3.63, 3.8) is 0 Å². The molecule has 0 saturated carbocycles. The quantitative estimate of drug-likeness (QED) is 0.845. The molecule has 1 amide bonds. The average molecular weight is 248 g/mol. The van der Waals surface area contributed by atoms with Crippen LogP contribution in [0.25, 0.3) is 0 Å². The van der Waals surface area contributed by atoms with Crippen molar-refractivity contribution >= 4 is 5.91 Å². The van der Waals surface area contributed by atoms with Gasteiger partial charge in [0.05, 0.1) is 0 Å². The Kier molecular flexibility index (Phi) is 4.59. The Balaban J connectivity index is 1.81. The molecule has 1 aliphatic heterocycles. The summed E-state index contributed by atoms with van der Waals surface area (Å²) in [4.78, 5) is 12.0. The van der Waals surface area contributed by atoms with E-state index in [0.29, 0.717) is 0 Å². The maximum atomic E-state index is 12.0. The number of rotatable bonds is 4. The van der Waals surface area contributed by atoms with Crippen molar-refractivity contribution in [2.45, 2.75) is 31.9 Å². The number of ether oxygens (including phenoxy) is 1. The summed E-state index contributed by atoms with van der Waals surface area (Å²) in [6.45, 7) is 3.72. The predicted octanol–water partition coefficient (Wildman–Crippen LogP) is 1.32. The van der Waals surface area contributed by atoms with Gasteiger partial charge in [0.1, 0.15) is 5.75 Å². The van der Waals surface area contributed by atoms with E-state index in [1.54, 1.807) is 6.92 Å². The molecule has 0 radical (unpaired) electrons. The number of piperidine rings is 1. The van der Waals surface area contributed by atoms with Crippen LogP contribution in [-0.4, -0.2) is 31.1 Å². The molecule has 1 unspecified atom stereocenters. The summed E-state index contributed by atoms with van der Waals surface area (Å²) in [6, 6.07) is 9.70. The van der Waals surface area contributed by atoms with Gasteiger partial charge in [-0.2, -0.15) is 0 Å². The number of carbonyl (C=O) groups is 1. The summed E-state index contributed by atoms with van der Waals surface area (Å²) in [5.74, 6) is 0.691. The Hall–Kier alpha value is -1.55. The molecule has 18 heavy (non-hydrogen) atoms. The van der Waals surface area contributed by atoms with Crippen molar-refractivity contribution in [1.82, 2.24) is 10.6 Å². The monoisotopic (exact) mass is 248 g/mol. The van der Waals surface area contributed by atoms with Crippen molar-refractivity contribution in [1.29, 1.82) is 0 Å². The second-order valence-electron chi connectivity index (χ2n) is 4.61. The summed E-state index contributed by atoms with van der Waals surface area (Å²) in [6.07, 6.45) is 1.52. The molecule has 4 nitrogen and oxygen atoms in total. The van der Waals surface area contributed by atoms with Crippen LogP contribution >= 0.6 is 0 Å². The molecule has 0 spiro atoms. The first kappa shape index (κ1) is 12.9. The molecular formula is C14H20N2O2. The van der Waals surface area contributed by atoms with Crippen molar-refractivity contribution < 1.29 is 9.53 Å². The largest absolute Gasteiger partial charge is 0.481 e. The minimum atomic E-state index is -0.456. The number of amides is 1. The molecule has 1 saturated heterocycles. The van der Waals surface area contributed by atoms with Gasteiger partial charge in [-0.15, -0.1) is 0 Å². The first-order chi connectivity index (χ1) is 8.75. The summed E-state index contributed by atoms with van der Waals surface area (Å²) in [5, 5.41) is 6.31. The lowest BCUT2D eigenvalue weighted by molar-refractivity contribution is -0.128. The highest BCUT2D eigenvalue weighted by Gasteiger charge is 2.20. The summed E-state index contributed by atoms with van der Waals surface area (Å²) < 4.78 is 5.59. The van der Waals surface area contributed by atoms with Crippen molar-refractivity contribution in [2.75, 3.05) is 13.1 Å². The molecule has 4 heteroatoms.